The Labute approximate surface area is 131 Å². The van der Waals surface area contributed by atoms with Gasteiger partial charge in [0.15, 0.2) is 0 Å². The second-order valence-electron chi connectivity index (χ2n) is 6.24. The van der Waals surface area contributed by atoms with Gasteiger partial charge in [-0.2, -0.15) is 0 Å². The van der Waals surface area contributed by atoms with E-state index < -0.39 is 6.10 Å². The van der Waals surface area contributed by atoms with Gasteiger partial charge in [-0.25, -0.2) is 0 Å². The van der Waals surface area contributed by atoms with Crippen LogP contribution in [-0.4, -0.2) is 41.7 Å². The number of aliphatic hydroxyl groups is 1. The normalized spacial score (nSPS) is 19.4. The number of hydrogen-bond acceptors (Lipinski definition) is 3. The van der Waals surface area contributed by atoms with Gasteiger partial charge in [0.25, 0.3) is 0 Å². The number of hydrogen-bond donors (Lipinski definition) is 2. The third-order valence-corrected chi connectivity index (χ3v) is 4.51. The summed E-state index contributed by atoms with van der Waals surface area (Å²) in [5.74, 6) is -0.0134. The molecule has 0 bridgehead atoms. The molecular weight excluding hydrogens is 276 g/mol. The molecule has 2 N–H and O–H groups in total. The SMILES string of the molecule is O=C(NCC(O)CN1CCc2ccccc2C1)C1=CCCC1. The molecule has 3 rings (SSSR count). The van der Waals surface area contributed by atoms with Crippen LogP contribution < -0.4 is 5.32 Å². The van der Waals surface area contributed by atoms with E-state index in [0.29, 0.717) is 13.1 Å². The molecule has 1 atom stereocenters. The summed E-state index contributed by atoms with van der Waals surface area (Å²) in [6.07, 6.45) is 5.45. The Bertz CT molecular complexity index is 568. The molecule has 1 aliphatic carbocycles. The zero-order valence-corrected chi connectivity index (χ0v) is 12.9. The van der Waals surface area contributed by atoms with Gasteiger partial charge < -0.3 is 10.4 Å². The lowest BCUT2D eigenvalue weighted by atomic mass is 10.00. The van der Waals surface area contributed by atoms with Gasteiger partial charge in [0.05, 0.1) is 6.10 Å². The summed E-state index contributed by atoms with van der Waals surface area (Å²) in [6, 6.07) is 8.48. The Morgan fingerprint density at radius 3 is 2.86 bits per heavy atom. The molecule has 0 aromatic heterocycles. The summed E-state index contributed by atoms with van der Waals surface area (Å²) in [5, 5.41) is 13.0. The minimum absolute atomic E-state index is 0.0134. The predicted molar refractivity (Wildman–Crippen MR) is 86.4 cm³/mol. The molecule has 1 heterocycles. The van der Waals surface area contributed by atoms with Crippen LogP contribution in [0.3, 0.4) is 0 Å². The first-order valence-electron chi connectivity index (χ1n) is 8.17. The molecule has 1 amide bonds. The molecular formula is C18H24N2O2. The van der Waals surface area contributed by atoms with E-state index in [0.717, 1.165) is 44.3 Å². The summed E-state index contributed by atoms with van der Waals surface area (Å²) in [5.41, 5.74) is 3.63. The number of carbonyl (C=O) groups is 1. The fourth-order valence-corrected chi connectivity index (χ4v) is 3.27. The Hall–Kier alpha value is -1.65. The van der Waals surface area contributed by atoms with Crippen molar-refractivity contribution in [3.63, 3.8) is 0 Å². The van der Waals surface area contributed by atoms with Gasteiger partial charge in [-0.15, -0.1) is 0 Å². The van der Waals surface area contributed by atoms with Crippen molar-refractivity contribution >= 4 is 5.91 Å². The van der Waals surface area contributed by atoms with E-state index in [4.69, 9.17) is 0 Å². The molecule has 0 spiro atoms. The molecule has 4 nitrogen and oxygen atoms in total. The van der Waals surface area contributed by atoms with E-state index in [1.807, 2.05) is 6.08 Å². The Balaban J connectivity index is 1.44. The molecule has 1 aromatic rings. The smallest absolute Gasteiger partial charge is 0.246 e. The topological polar surface area (TPSA) is 52.6 Å². The van der Waals surface area contributed by atoms with Crippen LogP contribution in [0.2, 0.25) is 0 Å². The molecule has 2 aliphatic rings. The van der Waals surface area contributed by atoms with Crippen LogP contribution in [0.25, 0.3) is 0 Å². The number of amides is 1. The quantitative estimate of drug-likeness (QED) is 0.869. The lowest BCUT2D eigenvalue weighted by Crippen LogP contribution is -2.42. The Kier molecular flexibility index (Phi) is 4.90. The molecule has 1 aliphatic heterocycles. The number of aliphatic hydroxyl groups excluding tert-OH is 1. The van der Waals surface area contributed by atoms with Crippen molar-refractivity contribution in [3.05, 3.63) is 47.0 Å². The standard InChI is InChI=1S/C18H24N2O2/c21-17(11-19-18(22)15-6-2-3-7-15)13-20-10-9-14-5-1-4-8-16(14)12-20/h1,4-6,8,17,21H,2-3,7,9-13H2,(H,19,22). The molecule has 118 valence electrons. The van der Waals surface area contributed by atoms with E-state index in [2.05, 4.69) is 34.5 Å². The average molecular weight is 300 g/mol. The number of allylic oxidation sites excluding steroid dienone is 1. The first-order valence-corrected chi connectivity index (χ1v) is 8.17. The number of nitrogens with zero attached hydrogens (tertiary/aromatic N) is 1. The van der Waals surface area contributed by atoms with E-state index in [9.17, 15) is 9.90 Å². The highest BCUT2D eigenvalue weighted by Crippen LogP contribution is 2.19. The molecule has 0 saturated carbocycles. The van der Waals surface area contributed by atoms with Gasteiger partial charge in [0, 0.05) is 31.8 Å². The molecule has 4 heteroatoms. The first-order chi connectivity index (χ1) is 10.7. The first kappa shape index (κ1) is 15.3. The highest BCUT2D eigenvalue weighted by molar-refractivity contribution is 5.93. The maximum Gasteiger partial charge on any atom is 0.246 e. The molecule has 0 saturated heterocycles. The summed E-state index contributed by atoms with van der Waals surface area (Å²) >= 11 is 0. The maximum atomic E-state index is 11.9. The summed E-state index contributed by atoms with van der Waals surface area (Å²) in [6.45, 7) is 2.78. The molecule has 22 heavy (non-hydrogen) atoms. The van der Waals surface area contributed by atoms with Crippen LogP contribution in [0, 0.1) is 0 Å². The summed E-state index contributed by atoms with van der Waals surface area (Å²) < 4.78 is 0. The van der Waals surface area contributed by atoms with Gasteiger partial charge in [0.1, 0.15) is 0 Å². The second-order valence-corrected chi connectivity index (χ2v) is 6.24. The predicted octanol–water partition coefficient (Wildman–Crippen LogP) is 1.63. The zero-order chi connectivity index (χ0) is 15.4. The molecule has 1 aromatic carbocycles. The van der Waals surface area contributed by atoms with E-state index in [1.165, 1.54) is 11.1 Å². The van der Waals surface area contributed by atoms with Crippen molar-refractivity contribution in [2.75, 3.05) is 19.6 Å². The number of nitrogens with one attached hydrogen (secondary N) is 1. The second kappa shape index (κ2) is 7.07. The van der Waals surface area contributed by atoms with E-state index in [-0.39, 0.29) is 5.91 Å². The van der Waals surface area contributed by atoms with E-state index >= 15 is 0 Å². The van der Waals surface area contributed by atoms with Gasteiger partial charge in [-0.3, -0.25) is 9.69 Å². The maximum absolute atomic E-state index is 11.9. The van der Waals surface area contributed by atoms with Crippen LogP contribution in [0.5, 0.6) is 0 Å². The van der Waals surface area contributed by atoms with Crippen molar-refractivity contribution in [1.29, 1.82) is 0 Å². The van der Waals surface area contributed by atoms with Crippen molar-refractivity contribution in [2.24, 2.45) is 0 Å². The highest BCUT2D eigenvalue weighted by atomic mass is 16.3. The highest BCUT2D eigenvalue weighted by Gasteiger charge is 2.19. The number of benzene rings is 1. The lowest BCUT2D eigenvalue weighted by Gasteiger charge is -2.30. The van der Waals surface area contributed by atoms with Crippen molar-refractivity contribution < 1.29 is 9.90 Å². The van der Waals surface area contributed by atoms with Crippen LogP contribution in [-0.2, 0) is 17.8 Å². The zero-order valence-electron chi connectivity index (χ0n) is 12.9. The fraction of sp³-hybridized carbons (Fsp3) is 0.500. The number of carbonyl (C=O) groups excluding carboxylic acids is 1. The van der Waals surface area contributed by atoms with Crippen molar-refractivity contribution in [1.82, 2.24) is 10.2 Å². The Morgan fingerprint density at radius 1 is 1.27 bits per heavy atom. The number of fused-ring (bicyclic) bond motifs is 1. The van der Waals surface area contributed by atoms with E-state index in [1.54, 1.807) is 0 Å². The van der Waals surface area contributed by atoms with Crippen LogP contribution in [0.15, 0.2) is 35.9 Å². The lowest BCUT2D eigenvalue weighted by molar-refractivity contribution is -0.118. The molecule has 0 fully saturated rings. The molecule has 0 radical (unpaired) electrons. The van der Waals surface area contributed by atoms with Crippen LogP contribution in [0.1, 0.15) is 30.4 Å². The van der Waals surface area contributed by atoms with Gasteiger partial charge >= 0.3 is 0 Å². The molecule has 1 unspecified atom stereocenters. The third-order valence-electron chi connectivity index (χ3n) is 4.51. The fourth-order valence-electron chi connectivity index (χ4n) is 3.27. The van der Waals surface area contributed by atoms with Gasteiger partial charge in [-0.1, -0.05) is 30.3 Å². The number of rotatable bonds is 5. The Morgan fingerprint density at radius 2 is 2.09 bits per heavy atom. The third kappa shape index (κ3) is 3.76. The number of β-amino-alcohol motifs (C(OH)–C–C–N with tert-alkyl or cyclic N) is 1. The monoisotopic (exact) mass is 300 g/mol. The minimum Gasteiger partial charge on any atom is -0.390 e. The minimum atomic E-state index is -0.517. The van der Waals surface area contributed by atoms with Gasteiger partial charge in [-0.05, 0) is 36.8 Å². The summed E-state index contributed by atoms with van der Waals surface area (Å²) in [7, 11) is 0. The largest absolute Gasteiger partial charge is 0.390 e. The van der Waals surface area contributed by atoms with Gasteiger partial charge in [0.2, 0.25) is 5.91 Å². The summed E-state index contributed by atoms with van der Waals surface area (Å²) in [4.78, 5) is 14.2. The van der Waals surface area contributed by atoms with Crippen molar-refractivity contribution in [2.45, 2.75) is 38.3 Å². The average Bonchev–Trinajstić information content (AvgIpc) is 3.07. The van der Waals surface area contributed by atoms with Crippen LogP contribution >= 0.6 is 0 Å². The van der Waals surface area contributed by atoms with Crippen molar-refractivity contribution in [3.8, 4) is 0 Å². The van der Waals surface area contributed by atoms with Crippen LogP contribution in [0.4, 0.5) is 0 Å².